The minimum atomic E-state index is -0.374. The first kappa shape index (κ1) is 18.5. The molecule has 3 aliphatic rings. The van der Waals surface area contributed by atoms with Gasteiger partial charge in [-0.3, -0.25) is 9.59 Å². The largest absolute Gasteiger partial charge is 0.454 e. The van der Waals surface area contributed by atoms with Crippen LogP contribution in [0.3, 0.4) is 0 Å². The van der Waals surface area contributed by atoms with Crippen molar-refractivity contribution >= 4 is 11.9 Å². The number of fused-ring (bicyclic) bond motifs is 1. The molecule has 9 nitrogen and oxygen atoms in total. The third-order valence-electron chi connectivity index (χ3n) is 6.22. The van der Waals surface area contributed by atoms with E-state index in [1.165, 1.54) is 4.57 Å². The average Bonchev–Trinajstić information content (AvgIpc) is 3.27. The summed E-state index contributed by atoms with van der Waals surface area (Å²) in [7, 11) is 1.73. The molecule has 2 aromatic rings. The van der Waals surface area contributed by atoms with E-state index in [2.05, 4.69) is 5.32 Å². The molecular formula is C21H22N4O5. The van der Waals surface area contributed by atoms with Gasteiger partial charge in [-0.2, -0.15) is 0 Å². The van der Waals surface area contributed by atoms with Gasteiger partial charge in [0.25, 0.3) is 11.5 Å². The summed E-state index contributed by atoms with van der Waals surface area (Å²) in [6.45, 7) is 3.61. The molecule has 0 bridgehead atoms. The number of rotatable bonds is 3. The number of carbonyl (C=O) groups is 2. The molecule has 30 heavy (non-hydrogen) atoms. The Morgan fingerprint density at radius 2 is 1.93 bits per heavy atom. The quantitative estimate of drug-likeness (QED) is 0.807. The molecule has 1 spiro atoms. The van der Waals surface area contributed by atoms with Crippen LogP contribution >= 0.6 is 0 Å². The molecule has 0 saturated carbocycles. The van der Waals surface area contributed by atoms with Crippen LogP contribution < -0.4 is 20.3 Å². The molecule has 9 heteroatoms. The van der Waals surface area contributed by atoms with Gasteiger partial charge in [0, 0.05) is 32.9 Å². The van der Waals surface area contributed by atoms with Gasteiger partial charge >= 0.3 is 6.03 Å². The van der Waals surface area contributed by atoms with Gasteiger partial charge in [-0.25, -0.2) is 4.79 Å². The number of pyridine rings is 1. The molecule has 0 atom stereocenters. The molecule has 3 amide bonds. The highest BCUT2D eigenvalue weighted by Gasteiger charge is 2.53. The van der Waals surface area contributed by atoms with E-state index in [0.29, 0.717) is 43.2 Å². The van der Waals surface area contributed by atoms with E-state index < -0.39 is 0 Å². The number of carbonyl (C=O) groups excluding carboxylic acids is 2. The van der Waals surface area contributed by atoms with Crippen LogP contribution in [0, 0.1) is 6.92 Å². The number of urea groups is 1. The van der Waals surface area contributed by atoms with Gasteiger partial charge in [0.2, 0.25) is 6.79 Å². The molecule has 2 saturated heterocycles. The number of aryl methyl sites for hydroxylation is 1. The number of aromatic nitrogens is 1. The van der Waals surface area contributed by atoms with Crippen LogP contribution in [0.4, 0.5) is 4.79 Å². The number of likely N-dealkylation sites (tertiary alicyclic amines) is 1. The zero-order chi connectivity index (χ0) is 21.0. The maximum absolute atomic E-state index is 13.1. The van der Waals surface area contributed by atoms with Gasteiger partial charge in [0.1, 0.15) is 5.56 Å². The van der Waals surface area contributed by atoms with Crippen molar-refractivity contribution in [2.45, 2.75) is 19.0 Å². The third-order valence-corrected chi connectivity index (χ3v) is 6.22. The van der Waals surface area contributed by atoms with Gasteiger partial charge in [-0.05, 0) is 36.2 Å². The molecular weight excluding hydrogens is 388 g/mol. The van der Waals surface area contributed by atoms with Gasteiger partial charge in [-0.1, -0.05) is 6.07 Å². The van der Waals surface area contributed by atoms with Crippen molar-refractivity contribution in [1.82, 2.24) is 19.7 Å². The smallest absolute Gasteiger partial charge is 0.317 e. The molecule has 1 N–H and O–H groups in total. The summed E-state index contributed by atoms with van der Waals surface area (Å²) >= 11 is 0. The lowest BCUT2D eigenvalue weighted by Gasteiger charge is -2.50. The molecule has 0 radical (unpaired) electrons. The minimum Gasteiger partial charge on any atom is -0.454 e. The topological polar surface area (TPSA) is 93.1 Å². The standard InChI is InChI=1S/C21H22N4O5/c1-13-5-6-24(8-14-3-4-15-16(7-14)30-12-29-15)18(26)17(13)19(27)25-10-21(11-25)9-22-20(28)23(21)2/h3-7H,8-12H2,1-2H3,(H,22,28). The first-order chi connectivity index (χ1) is 14.4. The van der Waals surface area contributed by atoms with Crippen LogP contribution in [0.15, 0.2) is 35.3 Å². The van der Waals surface area contributed by atoms with E-state index in [0.717, 1.165) is 5.56 Å². The van der Waals surface area contributed by atoms with E-state index in [4.69, 9.17) is 9.47 Å². The Morgan fingerprint density at radius 1 is 1.17 bits per heavy atom. The number of benzene rings is 1. The summed E-state index contributed by atoms with van der Waals surface area (Å²) < 4.78 is 12.3. The summed E-state index contributed by atoms with van der Waals surface area (Å²) in [6.07, 6.45) is 1.70. The van der Waals surface area contributed by atoms with Crippen LogP contribution in [0.25, 0.3) is 0 Å². The van der Waals surface area contributed by atoms with Crippen molar-refractivity contribution in [2.24, 2.45) is 0 Å². The second kappa shape index (κ2) is 6.51. The molecule has 3 aliphatic heterocycles. The number of nitrogens with one attached hydrogen (secondary N) is 1. The van der Waals surface area contributed by atoms with E-state index in [1.54, 1.807) is 36.0 Å². The number of likely N-dealkylation sites (N-methyl/N-ethyl adjacent to an activating group) is 1. The number of amides is 3. The number of hydrogen-bond donors (Lipinski definition) is 1. The predicted octanol–water partition coefficient (Wildman–Crippen LogP) is 0.783. The predicted molar refractivity (Wildman–Crippen MR) is 107 cm³/mol. The van der Waals surface area contributed by atoms with Crippen molar-refractivity contribution < 1.29 is 19.1 Å². The average molecular weight is 410 g/mol. The molecule has 1 aromatic heterocycles. The van der Waals surface area contributed by atoms with E-state index in [-0.39, 0.29) is 35.4 Å². The summed E-state index contributed by atoms with van der Waals surface area (Å²) in [5, 5.41) is 2.80. The normalized spacial score (nSPS) is 18.5. The highest BCUT2D eigenvalue weighted by atomic mass is 16.7. The Morgan fingerprint density at radius 3 is 2.67 bits per heavy atom. The van der Waals surface area contributed by atoms with Crippen molar-refractivity contribution in [3.8, 4) is 11.5 Å². The van der Waals surface area contributed by atoms with Crippen LogP contribution in [0.5, 0.6) is 11.5 Å². The number of nitrogens with zero attached hydrogens (tertiary/aromatic N) is 3. The lowest BCUT2D eigenvalue weighted by Crippen LogP contribution is -2.70. The first-order valence-electron chi connectivity index (χ1n) is 9.77. The Hall–Kier alpha value is -3.49. The van der Waals surface area contributed by atoms with E-state index >= 15 is 0 Å². The molecule has 0 aliphatic carbocycles. The van der Waals surface area contributed by atoms with Crippen LogP contribution in [-0.2, 0) is 6.54 Å². The molecule has 5 rings (SSSR count). The zero-order valence-electron chi connectivity index (χ0n) is 16.8. The molecule has 2 fully saturated rings. The van der Waals surface area contributed by atoms with Crippen LogP contribution in [0.2, 0.25) is 0 Å². The third kappa shape index (κ3) is 2.72. The summed E-state index contributed by atoms with van der Waals surface area (Å²) in [4.78, 5) is 41.3. The van der Waals surface area contributed by atoms with Crippen molar-refractivity contribution in [2.75, 3.05) is 33.5 Å². The van der Waals surface area contributed by atoms with Crippen LogP contribution in [0.1, 0.15) is 21.5 Å². The fraction of sp³-hybridized carbons (Fsp3) is 0.381. The van der Waals surface area contributed by atoms with E-state index in [1.807, 2.05) is 18.2 Å². The fourth-order valence-electron chi connectivity index (χ4n) is 4.27. The lowest BCUT2D eigenvalue weighted by atomic mass is 9.88. The van der Waals surface area contributed by atoms with Crippen molar-refractivity contribution in [3.63, 3.8) is 0 Å². The highest BCUT2D eigenvalue weighted by molar-refractivity contribution is 5.96. The van der Waals surface area contributed by atoms with Gasteiger partial charge < -0.3 is 29.2 Å². The van der Waals surface area contributed by atoms with Gasteiger partial charge in [-0.15, -0.1) is 0 Å². The first-order valence-corrected chi connectivity index (χ1v) is 9.77. The number of ether oxygens (including phenoxy) is 2. The minimum absolute atomic E-state index is 0.135. The monoisotopic (exact) mass is 410 g/mol. The second-order valence-electron chi connectivity index (χ2n) is 8.10. The molecule has 4 heterocycles. The molecule has 156 valence electrons. The Balaban J connectivity index is 1.38. The summed E-state index contributed by atoms with van der Waals surface area (Å²) in [6, 6.07) is 7.18. The number of hydrogen-bond acceptors (Lipinski definition) is 5. The maximum Gasteiger partial charge on any atom is 0.317 e. The summed E-state index contributed by atoms with van der Waals surface area (Å²) in [5.74, 6) is 1.04. The van der Waals surface area contributed by atoms with Gasteiger partial charge in [0.05, 0.1) is 12.1 Å². The van der Waals surface area contributed by atoms with Gasteiger partial charge in [0.15, 0.2) is 11.5 Å². The Kier molecular flexibility index (Phi) is 4.02. The zero-order valence-corrected chi connectivity index (χ0v) is 16.8. The SMILES string of the molecule is Cc1ccn(Cc2ccc3c(c2)OCO3)c(=O)c1C(=O)N1CC2(CNC(=O)N2C)C1. The Bertz CT molecular complexity index is 1120. The van der Waals surface area contributed by atoms with Crippen molar-refractivity contribution in [3.05, 3.63) is 57.5 Å². The summed E-state index contributed by atoms with van der Waals surface area (Å²) in [5.41, 5.74) is 0.993. The van der Waals surface area contributed by atoms with E-state index in [9.17, 15) is 14.4 Å². The molecule has 1 aromatic carbocycles. The van der Waals surface area contributed by atoms with Crippen molar-refractivity contribution in [1.29, 1.82) is 0 Å². The highest BCUT2D eigenvalue weighted by Crippen LogP contribution is 2.33. The Labute approximate surface area is 172 Å². The lowest BCUT2D eigenvalue weighted by molar-refractivity contribution is 0.00754. The second-order valence-corrected chi connectivity index (χ2v) is 8.10. The van der Waals surface area contributed by atoms with Crippen LogP contribution in [-0.4, -0.2) is 65.3 Å². The fourth-order valence-corrected chi connectivity index (χ4v) is 4.27. The maximum atomic E-state index is 13.1. The molecule has 0 unspecified atom stereocenters.